The van der Waals surface area contributed by atoms with Gasteiger partial charge < -0.3 is 15.4 Å². The van der Waals surface area contributed by atoms with Crippen molar-refractivity contribution in [2.24, 2.45) is 0 Å². The summed E-state index contributed by atoms with van der Waals surface area (Å²) >= 11 is 1.07. The molecule has 2 aromatic carbocycles. The van der Waals surface area contributed by atoms with Crippen LogP contribution in [0.5, 0.6) is 0 Å². The van der Waals surface area contributed by atoms with Crippen molar-refractivity contribution in [2.45, 2.75) is 33.7 Å². The predicted octanol–water partition coefficient (Wildman–Crippen LogP) is 5.28. The third kappa shape index (κ3) is 5.23. The first kappa shape index (κ1) is 23.2. The molecule has 0 bridgehead atoms. The fourth-order valence-electron chi connectivity index (χ4n) is 3.32. The number of hydrogen-bond acceptors (Lipinski definition) is 5. The Morgan fingerprint density at radius 1 is 1.00 bits per heavy atom. The quantitative estimate of drug-likeness (QED) is 0.479. The molecule has 2 amide bonds. The minimum atomic E-state index is -0.573. The van der Waals surface area contributed by atoms with Crippen LogP contribution in [0.2, 0.25) is 0 Å². The van der Waals surface area contributed by atoms with Gasteiger partial charge in [-0.1, -0.05) is 48.0 Å². The molecule has 3 rings (SSSR count). The lowest BCUT2D eigenvalue weighted by Gasteiger charge is -2.14. The number of esters is 1. The lowest BCUT2D eigenvalue weighted by Crippen LogP contribution is -2.26. The Morgan fingerprint density at radius 3 is 2.38 bits per heavy atom. The maximum absolute atomic E-state index is 13.0. The van der Waals surface area contributed by atoms with Gasteiger partial charge in [0.1, 0.15) is 5.00 Å². The van der Waals surface area contributed by atoms with Gasteiger partial charge in [0.05, 0.1) is 23.1 Å². The molecule has 0 aliphatic carbocycles. The molecule has 2 N–H and O–H groups in total. The molecule has 0 saturated heterocycles. The number of amides is 2. The number of hydrogen-bond donors (Lipinski definition) is 2. The molecule has 6 nitrogen and oxygen atoms in total. The molecule has 1 atom stereocenters. The first-order valence-electron chi connectivity index (χ1n) is 10.4. The normalized spacial score (nSPS) is 11.5. The first-order valence-corrected chi connectivity index (χ1v) is 11.2. The van der Waals surface area contributed by atoms with Crippen molar-refractivity contribution in [3.05, 3.63) is 87.3 Å². The lowest BCUT2D eigenvalue weighted by atomic mass is 10.1. The van der Waals surface area contributed by atoms with Crippen LogP contribution in [0, 0.1) is 13.8 Å². The van der Waals surface area contributed by atoms with Gasteiger partial charge >= 0.3 is 5.97 Å². The van der Waals surface area contributed by atoms with Crippen LogP contribution >= 0.6 is 11.3 Å². The smallest absolute Gasteiger partial charge is 0.341 e. The predicted molar refractivity (Wildman–Crippen MR) is 126 cm³/mol. The van der Waals surface area contributed by atoms with E-state index in [4.69, 9.17) is 4.74 Å². The van der Waals surface area contributed by atoms with Crippen LogP contribution in [0.25, 0.3) is 0 Å². The van der Waals surface area contributed by atoms with E-state index < -0.39 is 5.97 Å². The molecule has 1 unspecified atom stereocenters. The second-order valence-corrected chi connectivity index (χ2v) is 8.43. The van der Waals surface area contributed by atoms with Crippen molar-refractivity contribution in [1.82, 2.24) is 5.32 Å². The average molecular weight is 451 g/mol. The van der Waals surface area contributed by atoms with E-state index in [0.717, 1.165) is 22.5 Å². The van der Waals surface area contributed by atoms with Crippen LogP contribution < -0.4 is 10.6 Å². The van der Waals surface area contributed by atoms with Gasteiger partial charge in [0.15, 0.2) is 0 Å². The topological polar surface area (TPSA) is 84.5 Å². The van der Waals surface area contributed by atoms with Crippen molar-refractivity contribution in [3.63, 3.8) is 0 Å². The van der Waals surface area contributed by atoms with Crippen molar-refractivity contribution < 1.29 is 19.1 Å². The number of aryl methyl sites for hydroxylation is 1. The summed E-state index contributed by atoms with van der Waals surface area (Å²) in [5.41, 5.74) is 3.06. The van der Waals surface area contributed by atoms with E-state index in [1.54, 1.807) is 32.0 Å². The number of benzene rings is 2. The van der Waals surface area contributed by atoms with E-state index in [9.17, 15) is 14.4 Å². The van der Waals surface area contributed by atoms with Gasteiger partial charge in [-0.05, 0) is 51.0 Å². The maximum Gasteiger partial charge on any atom is 0.341 e. The summed E-state index contributed by atoms with van der Waals surface area (Å²) in [6.45, 7) is 7.37. The molecular formula is C25H26N2O4S. The van der Waals surface area contributed by atoms with E-state index in [1.165, 1.54) is 0 Å². The number of ether oxygens (including phenoxy) is 1. The lowest BCUT2D eigenvalue weighted by molar-refractivity contribution is 0.0527. The summed E-state index contributed by atoms with van der Waals surface area (Å²) < 4.78 is 5.18. The number of carbonyl (C=O) groups is 3. The van der Waals surface area contributed by atoms with Crippen molar-refractivity contribution in [1.29, 1.82) is 0 Å². The molecule has 0 saturated carbocycles. The Morgan fingerprint density at radius 2 is 1.72 bits per heavy atom. The fourth-order valence-corrected chi connectivity index (χ4v) is 4.41. The molecule has 32 heavy (non-hydrogen) atoms. The number of carbonyl (C=O) groups excluding carboxylic acids is 3. The molecule has 1 heterocycles. The van der Waals surface area contributed by atoms with Gasteiger partial charge in [0.2, 0.25) is 0 Å². The highest BCUT2D eigenvalue weighted by Gasteiger charge is 2.27. The molecule has 7 heteroatoms. The summed E-state index contributed by atoms with van der Waals surface area (Å²) in [4.78, 5) is 38.8. The highest BCUT2D eigenvalue weighted by atomic mass is 32.1. The Balaban J connectivity index is 1.91. The van der Waals surface area contributed by atoms with Crippen LogP contribution in [-0.4, -0.2) is 24.4 Å². The SMILES string of the molecule is CCOC(=O)c1c(NC(=O)c2cccc(C)c2)sc(C(=O)NC(C)c2ccccc2)c1C. The van der Waals surface area contributed by atoms with Crippen LogP contribution in [0.4, 0.5) is 5.00 Å². The third-order valence-electron chi connectivity index (χ3n) is 4.99. The minimum absolute atomic E-state index is 0.186. The van der Waals surface area contributed by atoms with E-state index in [1.807, 2.05) is 50.2 Å². The number of rotatable bonds is 7. The van der Waals surface area contributed by atoms with Gasteiger partial charge in [-0.2, -0.15) is 0 Å². The zero-order valence-corrected chi connectivity index (χ0v) is 19.3. The van der Waals surface area contributed by atoms with Gasteiger partial charge in [0.25, 0.3) is 11.8 Å². The van der Waals surface area contributed by atoms with Crippen LogP contribution in [0.3, 0.4) is 0 Å². The Labute approximate surface area is 191 Å². The largest absolute Gasteiger partial charge is 0.462 e. The molecule has 0 aliphatic heterocycles. The maximum atomic E-state index is 13.0. The second-order valence-electron chi connectivity index (χ2n) is 7.41. The highest BCUT2D eigenvalue weighted by Crippen LogP contribution is 2.34. The first-order chi connectivity index (χ1) is 15.3. The number of thiophene rings is 1. The van der Waals surface area contributed by atoms with E-state index in [2.05, 4.69) is 10.6 Å². The molecule has 0 fully saturated rings. The summed E-state index contributed by atoms with van der Waals surface area (Å²) in [6, 6.07) is 16.5. The van der Waals surface area contributed by atoms with Gasteiger partial charge in [0, 0.05) is 5.56 Å². The Hall–Kier alpha value is -3.45. The zero-order chi connectivity index (χ0) is 23.3. The Kier molecular flexibility index (Phi) is 7.43. The van der Waals surface area contributed by atoms with Crippen molar-refractivity contribution in [2.75, 3.05) is 11.9 Å². The Bertz CT molecular complexity index is 1140. The summed E-state index contributed by atoms with van der Waals surface area (Å²) in [6.07, 6.45) is 0. The molecule has 166 valence electrons. The van der Waals surface area contributed by atoms with Gasteiger partial charge in [-0.15, -0.1) is 11.3 Å². The average Bonchev–Trinajstić information content (AvgIpc) is 3.10. The molecule has 0 radical (unpaired) electrons. The van der Waals surface area contributed by atoms with Crippen molar-refractivity contribution in [3.8, 4) is 0 Å². The van der Waals surface area contributed by atoms with Gasteiger partial charge in [-0.25, -0.2) is 4.79 Å². The van der Waals surface area contributed by atoms with E-state index >= 15 is 0 Å². The van der Waals surface area contributed by atoms with Gasteiger partial charge in [-0.3, -0.25) is 9.59 Å². The minimum Gasteiger partial charge on any atom is -0.462 e. The molecule has 3 aromatic rings. The summed E-state index contributed by atoms with van der Waals surface area (Å²) in [5, 5.41) is 6.05. The van der Waals surface area contributed by atoms with E-state index in [-0.39, 0.29) is 30.0 Å². The van der Waals surface area contributed by atoms with Crippen LogP contribution in [-0.2, 0) is 4.74 Å². The standard InChI is InChI=1S/C25H26N2O4S/c1-5-31-25(30)20-16(3)21(23(29)26-17(4)18-11-7-6-8-12-18)32-24(20)27-22(28)19-13-9-10-15(2)14-19/h6-14,17H,5H2,1-4H3,(H,26,29)(H,27,28). The number of anilines is 1. The molecular weight excluding hydrogens is 424 g/mol. The second kappa shape index (κ2) is 10.2. The molecule has 0 aliphatic rings. The van der Waals surface area contributed by atoms with Crippen molar-refractivity contribution >= 4 is 34.1 Å². The molecule has 0 spiro atoms. The highest BCUT2D eigenvalue weighted by molar-refractivity contribution is 7.18. The summed E-state index contributed by atoms with van der Waals surface area (Å²) in [7, 11) is 0. The number of nitrogens with one attached hydrogen (secondary N) is 2. The fraction of sp³-hybridized carbons (Fsp3) is 0.240. The zero-order valence-electron chi connectivity index (χ0n) is 18.5. The summed E-state index contributed by atoms with van der Waals surface area (Å²) in [5.74, 6) is -1.24. The van der Waals surface area contributed by atoms with Crippen LogP contribution in [0.1, 0.15) is 67.0 Å². The van der Waals surface area contributed by atoms with E-state index in [0.29, 0.717) is 21.0 Å². The molecule has 1 aromatic heterocycles. The monoisotopic (exact) mass is 450 g/mol. The van der Waals surface area contributed by atoms with Crippen LogP contribution in [0.15, 0.2) is 54.6 Å². The third-order valence-corrected chi connectivity index (χ3v) is 6.19.